The Morgan fingerprint density at radius 2 is 1.61 bits per heavy atom. The Balaban J connectivity index is 1.48. The van der Waals surface area contributed by atoms with E-state index in [4.69, 9.17) is 0 Å². The maximum absolute atomic E-state index is 10.2. The largest absolute Gasteiger partial charge is 0.391 e. The lowest BCUT2D eigenvalue weighted by Crippen LogP contribution is -2.66. The number of piperazine rings is 1. The second-order valence-electron chi connectivity index (χ2n) is 6.17. The van der Waals surface area contributed by atoms with Gasteiger partial charge in [-0.25, -0.2) is 0 Å². The molecule has 0 radical (unpaired) electrons. The first-order valence-electron chi connectivity index (χ1n) is 7.71. The first-order chi connectivity index (χ1) is 8.84. The lowest BCUT2D eigenvalue weighted by atomic mass is 9.96. The molecule has 0 spiro atoms. The number of aliphatic hydroxyl groups is 1. The topological polar surface area (TPSA) is 38.7 Å². The van der Waals surface area contributed by atoms with Gasteiger partial charge in [0.2, 0.25) is 0 Å². The summed E-state index contributed by atoms with van der Waals surface area (Å²) in [6.45, 7) is 7.05. The summed E-state index contributed by atoms with van der Waals surface area (Å²) in [5.41, 5.74) is 0. The van der Waals surface area contributed by atoms with Gasteiger partial charge in [0, 0.05) is 51.4 Å². The molecule has 1 aliphatic carbocycles. The highest BCUT2D eigenvalue weighted by Gasteiger charge is 2.38. The molecule has 2 unspecified atom stereocenters. The first-order valence-corrected chi connectivity index (χ1v) is 7.71. The Morgan fingerprint density at radius 1 is 0.889 bits per heavy atom. The smallest absolute Gasteiger partial charge is 0.0695 e. The summed E-state index contributed by atoms with van der Waals surface area (Å²) >= 11 is 0. The third kappa shape index (κ3) is 2.72. The number of nitrogens with zero attached hydrogens (tertiary/aromatic N) is 2. The summed E-state index contributed by atoms with van der Waals surface area (Å²) < 4.78 is 0. The molecule has 2 aliphatic heterocycles. The van der Waals surface area contributed by atoms with Crippen LogP contribution < -0.4 is 5.32 Å². The van der Waals surface area contributed by atoms with Crippen molar-refractivity contribution >= 4 is 0 Å². The van der Waals surface area contributed by atoms with Crippen molar-refractivity contribution in [1.82, 2.24) is 15.1 Å². The number of rotatable bonds is 2. The monoisotopic (exact) mass is 253 g/mol. The molecule has 0 bridgehead atoms. The Hall–Kier alpha value is -0.160. The van der Waals surface area contributed by atoms with Crippen LogP contribution in [0.1, 0.15) is 32.1 Å². The molecule has 1 saturated carbocycles. The molecule has 3 aliphatic rings. The van der Waals surface area contributed by atoms with Crippen molar-refractivity contribution in [1.29, 1.82) is 0 Å². The van der Waals surface area contributed by atoms with Gasteiger partial charge in [-0.15, -0.1) is 0 Å². The minimum Gasteiger partial charge on any atom is -0.391 e. The molecule has 0 amide bonds. The van der Waals surface area contributed by atoms with Crippen LogP contribution in [-0.2, 0) is 0 Å². The molecule has 0 aromatic rings. The van der Waals surface area contributed by atoms with Gasteiger partial charge in [0.15, 0.2) is 0 Å². The van der Waals surface area contributed by atoms with E-state index in [9.17, 15) is 5.11 Å². The van der Waals surface area contributed by atoms with Crippen LogP contribution in [0, 0.1) is 0 Å². The molecule has 0 aromatic carbocycles. The van der Waals surface area contributed by atoms with Crippen molar-refractivity contribution in [3.8, 4) is 0 Å². The molecule has 2 heterocycles. The quantitative estimate of drug-likeness (QED) is 0.693. The number of likely N-dealkylation sites (tertiary alicyclic amines) is 1. The van der Waals surface area contributed by atoms with E-state index < -0.39 is 0 Å². The van der Waals surface area contributed by atoms with Gasteiger partial charge in [0.1, 0.15) is 0 Å². The van der Waals surface area contributed by atoms with Crippen LogP contribution in [0.15, 0.2) is 0 Å². The van der Waals surface area contributed by atoms with Gasteiger partial charge < -0.3 is 10.4 Å². The lowest BCUT2D eigenvalue weighted by Gasteiger charge is -2.50. The Kier molecular flexibility index (Phi) is 4.19. The fraction of sp³-hybridized carbons (Fsp3) is 1.00. The number of hydrogen-bond donors (Lipinski definition) is 2. The van der Waals surface area contributed by atoms with Gasteiger partial charge in [0.25, 0.3) is 0 Å². The third-order valence-corrected chi connectivity index (χ3v) is 4.97. The van der Waals surface area contributed by atoms with E-state index in [1.54, 1.807) is 0 Å². The zero-order chi connectivity index (χ0) is 12.4. The van der Waals surface area contributed by atoms with E-state index in [1.165, 1.54) is 51.9 Å². The SMILES string of the molecule is OC1CCCCCC1N1CC(N2CCNCC2)C1. The maximum atomic E-state index is 10.2. The van der Waals surface area contributed by atoms with E-state index >= 15 is 0 Å². The standard InChI is InChI=1S/C14H27N3O/c18-14-5-3-1-2-4-13(14)17-10-12(11-17)16-8-6-15-7-9-16/h12-15,18H,1-11H2. The molecule has 4 heteroatoms. The summed E-state index contributed by atoms with van der Waals surface area (Å²) in [6, 6.07) is 1.20. The van der Waals surface area contributed by atoms with Gasteiger partial charge in [-0.2, -0.15) is 0 Å². The van der Waals surface area contributed by atoms with Gasteiger partial charge in [0.05, 0.1) is 6.10 Å². The molecule has 0 aromatic heterocycles. The number of aliphatic hydroxyl groups excluding tert-OH is 1. The van der Waals surface area contributed by atoms with E-state index in [0.717, 1.165) is 25.6 Å². The Bertz CT molecular complexity index is 262. The minimum atomic E-state index is -0.0727. The summed E-state index contributed by atoms with van der Waals surface area (Å²) in [7, 11) is 0. The zero-order valence-corrected chi connectivity index (χ0v) is 11.4. The number of nitrogens with one attached hydrogen (secondary N) is 1. The van der Waals surface area contributed by atoms with Crippen LogP contribution in [0.3, 0.4) is 0 Å². The van der Waals surface area contributed by atoms with Crippen molar-refractivity contribution < 1.29 is 5.11 Å². The van der Waals surface area contributed by atoms with Gasteiger partial charge in [-0.05, 0) is 12.8 Å². The van der Waals surface area contributed by atoms with Crippen molar-refractivity contribution in [3.05, 3.63) is 0 Å². The maximum Gasteiger partial charge on any atom is 0.0695 e. The molecular weight excluding hydrogens is 226 g/mol. The summed E-state index contributed by atoms with van der Waals surface area (Å²) in [5.74, 6) is 0. The molecule has 2 saturated heterocycles. The van der Waals surface area contributed by atoms with E-state index in [1.807, 2.05) is 0 Å². The van der Waals surface area contributed by atoms with Crippen LogP contribution in [0.5, 0.6) is 0 Å². The first kappa shape index (κ1) is 12.9. The fourth-order valence-electron chi connectivity index (χ4n) is 3.73. The molecule has 2 N–H and O–H groups in total. The second kappa shape index (κ2) is 5.87. The highest BCUT2D eigenvalue weighted by molar-refractivity contribution is 4.95. The molecule has 2 atom stereocenters. The molecule has 3 fully saturated rings. The van der Waals surface area contributed by atoms with Crippen LogP contribution in [0.4, 0.5) is 0 Å². The van der Waals surface area contributed by atoms with Crippen LogP contribution in [0.25, 0.3) is 0 Å². The zero-order valence-electron chi connectivity index (χ0n) is 11.4. The molecule has 18 heavy (non-hydrogen) atoms. The fourth-order valence-corrected chi connectivity index (χ4v) is 3.73. The average molecular weight is 253 g/mol. The van der Waals surface area contributed by atoms with Gasteiger partial charge >= 0.3 is 0 Å². The molecule has 3 rings (SSSR count). The summed E-state index contributed by atoms with van der Waals surface area (Å²) in [4.78, 5) is 5.15. The van der Waals surface area contributed by atoms with Crippen LogP contribution >= 0.6 is 0 Å². The molecule has 4 nitrogen and oxygen atoms in total. The highest BCUT2D eigenvalue weighted by atomic mass is 16.3. The lowest BCUT2D eigenvalue weighted by molar-refractivity contribution is -0.0437. The normalized spacial score (nSPS) is 37.2. The number of hydrogen-bond acceptors (Lipinski definition) is 4. The molecule has 104 valence electrons. The van der Waals surface area contributed by atoms with Crippen molar-refractivity contribution in [2.45, 2.75) is 50.3 Å². The van der Waals surface area contributed by atoms with Gasteiger partial charge in [-0.3, -0.25) is 9.80 Å². The van der Waals surface area contributed by atoms with Gasteiger partial charge in [-0.1, -0.05) is 19.3 Å². The molecular formula is C14H27N3O. The third-order valence-electron chi connectivity index (χ3n) is 4.97. The predicted molar refractivity (Wildman–Crippen MR) is 72.7 cm³/mol. The highest BCUT2D eigenvalue weighted by Crippen LogP contribution is 2.27. The summed E-state index contributed by atoms with van der Waals surface area (Å²) in [6.07, 6.45) is 5.97. The Morgan fingerprint density at radius 3 is 2.39 bits per heavy atom. The Labute approximate surface area is 110 Å². The minimum absolute atomic E-state index is 0.0727. The van der Waals surface area contributed by atoms with Crippen molar-refractivity contribution in [2.24, 2.45) is 0 Å². The van der Waals surface area contributed by atoms with E-state index in [2.05, 4.69) is 15.1 Å². The summed E-state index contributed by atoms with van der Waals surface area (Å²) in [5, 5.41) is 13.6. The van der Waals surface area contributed by atoms with Crippen molar-refractivity contribution in [2.75, 3.05) is 39.3 Å². The predicted octanol–water partition coefficient (Wildman–Crippen LogP) is 0.269. The van der Waals surface area contributed by atoms with Crippen molar-refractivity contribution in [3.63, 3.8) is 0 Å². The van der Waals surface area contributed by atoms with E-state index in [-0.39, 0.29) is 6.10 Å². The van der Waals surface area contributed by atoms with E-state index in [0.29, 0.717) is 6.04 Å². The van der Waals surface area contributed by atoms with Crippen LogP contribution in [0.2, 0.25) is 0 Å². The van der Waals surface area contributed by atoms with Crippen LogP contribution in [-0.4, -0.2) is 72.4 Å². The average Bonchev–Trinajstić information content (AvgIpc) is 2.55. The second-order valence-corrected chi connectivity index (χ2v) is 6.17.